The minimum absolute atomic E-state index is 0.0102. The molecule has 1 amide bonds. The number of hydrogen-bond donors (Lipinski definition) is 1. The second-order valence-corrected chi connectivity index (χ2v) is 5.45. The molecule has 116 valence electrons. The highest BCUT2D eigenvalue weighted by molar-refractivity contribution is 5.94. The van der Waals surface area contributed by atoms with E-state index in [0.717, 1.165) is 11.3 Å². The molecule has 0 fully saturated rings. The molecule has 1 unspecified atom stereocenters. The lowest BCUT2D eigenvalue weighted by atomic mass is 9.88. The van der Waals surface area contributed by atoms with Crippen molar-refractivity contribution in [2.24, 2.45) is 0 Å². The molecule has 0 saturated carbocycles. The standard InChI is InChI=1S/C15H14N6O2/c22-14-7-10(11-3-1-2-4-12(11)17-14)8-15-18-13(19-23-15)9-21-6-5-16-20-21/h1-6,10H,7-9H2,(H,17,22). The molecule has 2 aromatic heterocycles. The second kappa shape index (κ2) is 5.64. The Morgan fingerprint density at radius 3 is 3.13 bits per heavy atom. The zero-order valence-electron chi connectivity index (χ0n) is 12.2. The third kappa shape index (κ3) is 2.83. The van der Waals surface area contributed by atoms with Gasteiger partial charge in [0.15, 0.2) is 5.82 Å². The van der Waals surface area contributed by atoms with Crippen LogP contribution in [0.15, 0.2) is 41.2 Å². The van der Waals surface area contributed by atoms with Gasteiger partial charge in [0, 0.05) is 30.6 Å². The lowest BCUT2D eigenvalue weighted by Gasteiger charge is -2.24. The van der Waals surface area contributed by atoms with Crippen molar-refractivity contribution in [3.8, 4) is 0 Å². The molecule has 1 aliphatic heterocycles. The van der Waals surface area contributed by atoms with Crippen LogP contribution in [-0.2, 0) is 17.8 Å². The highest BCUT2D eigenvalue weighted by Gasteiger charge is 2.26. The van der Waals surface area contributed by atoms with Crippen LogP contribution in [-0.4, -0.2) is 31.0 Å². The van der Waals surface area contributed by atoms with Gasteiger partial charge in [-0.3, -0.25) is 4.79 Å². The maximum atomic E-state index is 11.8. The Kier molecular flexibility index (Phi) is 3.34. The number of anilines is 1. The monoisotopic (exact) mass is 310 g/mol. The van der Waals surface area contributed by atoms with Crippen molar-refractivity contribution < 1.29 is 9.32 Å². The van der Waals surface area contributed by atoms with Crippen LogP contribution in [0.4, 0.5) is 5.69 Å². The predicted octanol–water partition coefficient (Wildman–Crippen LogP) is 1.38. The highest BCUT2D eigenvalue weighted by atomic mass is 16.5. The fraction of sp³-hybridized carbons (Fsp3) is 0.267. The van der Waals surface area contributed by atoms with Crippen molar-refractivity contribution >= 4 is 11.6 Å². The number of nitrogens with one attached hydrogen (secondary N) is 1. The molecule has 3 aromatic rings. The van der Waals surface area contributed by atoms with Crippen LogP contribution >= 0.6 is 0 Å². The molecular formula is C15H14N6O2. The van der Waals surface area contributed by atoms with Gasteiger partial charge < -0.3 is 9.84 Å². The van der Waals surface area contributed by atoms with E-state index in [2.05, 4.69) is 25.8 Å². The number of carbonyl (C=O) groups excluding carboxylic acids is 1. The van der Waals surface area contributed by atoms with Gasteiger partial charge in [0.25, 0.3) is 0 Å². The van der Waals surface area contributed by atoms with Crippen molar-refractivity contribution in [1.82, 2.24) is 25.1 Å². The molecule has 0 aliphatic carbocycles. The van der Waals surface area contributed by atoms with E-state index in [-0.39, 0.29) is 11.8 Å². The first kappa shape index (κ1) is 13.6. The van der Waals surface area contributed by atoms with Crippen LogP contribution in [0.2, 0.25) is 0 Å². The fourth-order valence-corrected chi connectivity index (χ4v) is 2.79. The van der Waals surface area contributed by atoms with Gasteiger partial charge in [0.1, 0.15) is 6.54 Å². The Hall–Kier alpha value is -3.03. The van der Waals surface area contributed by atoms with E-state index < -0.39 is 0 Å². The summed E-state index contributed by atoms with van der Waals surface area (Å²) in [6.07, 6.45) is 4.28. The largest absolute Gasteiger partial charge is 0.339 e. The van der Waals surface area contributed by atoms with Crippen molar-refractivity contribution in [2.75, 3.05) is 5.32 Å². The summed E-state index contributed by atoms with van der Waals surface area (Å²) in [5, 5.41) is 14.4. The second-order valence-electron chi connectivity index (χ2n) is 5.45. The molecule has 23 heavy (non-hydrogen) atoms. The van der Waals surface area contributed by atoms with E-state index in [0.29, 0.717) is 31.1 Å². The van der Waals surface area contributed by atoms with E-state index in [9.17, 15) is 4.79 Å². The fourth-order valence-electron chi connectivity index (χ4n) is 2.79. The van der Waals surface area contributed by atoms with Crippen molar-refractivity contribution in [3.63, 3.8) is 0 Å². The summed E-state index contributed by atoms with van der Waals surface area (Å²) in [4.78, 5) is 16.2. The van der Waals surface area contributed by atoms with Crippen LogP contribution in [0.5, 0.6) is 0 Å². The molecule has 0 spiro atoms. The number of aromatic nitrogens is 5. The Morgan fingerprint density at radius 2 is 2.26 bits per heavy atom. The number of hydrogen-bond acceptors (Lipinski definition) is 6. The van der Waals surface area contributed by atoms with E-state index in [1.54, 1.807) is 17.1 Å². The maximum Gasteiger partial charge on any atom is 0.227 e. The smallest absolute Gasteiger partial charge is 0.227 e. The molecule has 0 bridgehead atoms. The molecule has 8 heteroatoms. The molecule has 8 nitrogen and oxygen atoms in total. The zero-order valence-corrected chi connectivity index (χ0v) is 12.2. The first-order chi connectivity index (χ1) is 11.3. The molecule has 4 rings (SSSR count). The van der Waals surface area contributed by atoms with Crippen LogP contribution in [0.25, 0.3) is 0 Å². The average molecular weight is 310 g/mol. The summed E-state index contributed by atoms with van der Waals surface area (Å²) in [7, 11) is 0. The van der Waals surface area contributed by atoms with Gasteiger partial charge >= 0.3 is 0 Å². The number of amides is 1. The van der Waals surface area contributed by atoms with E-state index >= 15 is 0 Å². The van der Waals surface area contributed by atoms with Crippen LogP contribution in [0.1, 0.15) is 29.6 Å². The Bertz CT molecular complexity index is 826. The highest BCUT2D eigenvalue weighted by Crippen LogP contribution is 2.33. The summed E-state index contributed by atoms with van der Waals surface area (Å²) >= 11 is 0. The Morgan fingerprint density at radius 1 is 1.35 bits per heavy atom. The van der Waals surface area contributed by atoms with Gasteiger partial charge in [-0.25, -0.2) is 4.68 Å². The molecule has 3 heterocycles. The molecule has 0 radical (unpaired) electrons. The van der Waals surface area contributed by atoms with E-state index in [1.807, 2.05) is 24.3 Å². The van der Waals surface area contributed by atoms with Crippen molar-refractivity contribution in [1.29, 1.82) is 0 Å². The average Bonchev–Trinajstić information content (AvgIpc) is 3.20. The molecular weight excluding hydrogens is 296 g/mol. The molecule has 0 saturated heterocycles. The lowest BCUT2D eigenvalue weighted by molar-refractivity contribution is -0.116. The number of rotatable bonds is 4. The van der Waals surface area contributed by atoms with Gasteiger partial charge in [-0.05, 0) is 11.6 Å². The first-order valence-electron chi connectivity index (χ1n) is 7.32. The lowest BCUT2D eigenvalue weighted by Crippen LogP contribution is -2.24. The van der Waals surface area contributed by atoms with Gasteiger partial charge in [-0.15, -0.1) is 5.10 Å². The number of carbonyl (C=O) groups is 1. The SMILES string of the molecule is O=C1CC(Cc2nc(Cn3ccnn3)no2)c2ccccc2N1. The number of fused-ring (bicyclic) bond motifs is 1. The third-order valence-corrected chi connectivity index (χ3v) is 3.81. The first-order valence-corrected chi connectivity index (χ1v) is 7.32. The number of benzene rings is 1. The summed E-state index contributed by atoms with van der Waals surface area (Å²) < 4.78 is 6.94. The summed E-state index contributed by atoms with van der Waals surface area (Å²) in [5.74, 6) is 1.12. The van der Waals surface area contributed by atoms with Gasteiger partial charge in [0.2, 0.25) is 11.8 Å². The minimum atomic E-state index is 0.0102. The normalized spacial score (nSPS) is 16.9. The zero-order chi connectivity index (χ0) is 15.6. The van der Waals surface area contributed by atoms with Crippen LogP contribution in [0, 0.1) is 0 Å². The number of para-hydroxylation sites is 1. The quantitative estimate of drug-likeness (QED) is 0.781. The summed E-state index contributed by atoms with van der Waals surface area (Å²) in [5.41, 5.74) is 1.96. The molecule has 1 N–H and O–H groups in total. The van der Waals surface area contributed by atoms with Gasteiger partial charge in [-0.1, -0.05) is 28.6 Å². The minimum Gasteiger partial charge on any atom is -0.339 e. The van der Waals surface area contributed by atoms with Crippen molar-refractivity contribution in [3.05, 3.63) is 53.9 Å². The van der Waals surface area contributed by atoms with Crippen LogP contribution < -0.4 is 5.32 Å². The summed E-state index contributed by atoms with van der Waals surface area (Å²) in [6.45, 7) is 0.408. The topological polar surface area (TPSA) is 98.7 Å². The van der Waals surface area contributed by atoms with Gasteiger partial charge in [-0.2, -0.15) is 4.98 Å². The maximum absolute atomic E-state index is 11.8. The molecule has 1 aliphatic rings. The van der Waals surface area contributed by atoms with Gasteiger partial charge in [0.05, 0.1) is 6.20 Å². The Balaban J connectivity index is 1.52. The predicted molar refractivity (Wildman–Crippen MR) is 79.6 cm³/mol. The number of nitrogens with zero attached hydrogens (tertiary/aromatic N) is 5. The molecule has 1 atom stereocenters. The molecule has 1 aromatic carbocycles. The third-order valence-electron chi connectivity index (χ3n) is 3.81. The van der Waals surface area contributed by atoms with E-state index in [1.165, 1.54) is 0 Å². The Labute approximate surface area is 131 Å². The van der Waals surface area contributed by atoms with Crippen LogP contribution in [0.3, 0.4) is 0 Å². The van der Waals surface area contributed by atoms with Crippen molar-refractivity contribution in [2.45, 2.75) is 25.3 Å². The summed E-state index contributed by atoms with van der Waals surface area (Å²) in [6, 6.07) is 7.80. The van der Waals surface area contributed by atoms with E-state index in [4.69, 9.17) is 4.52 Å².